The van der Waals surface area contributed by atoms with E-state index in [1.807, 2.05) is 24.1 Å². The van der Waals surface area contributed by atoms with Crippen molar-refractivity contribution in [3.05, 3.63) is 34.5 Å². The summed E-state index contributed by atoms with van der Waals surface area (Å²) in [6.45, 7) is 0. The van der Waals surface area contributed by atoms with E-state index < -0.39 is 0 Å². The lowest BCUT2D eigenvalue weighted by molar-refractivity contribution is -0.114. The third-order valence-electron chi connectivity index (χ3n) is 5.11. The summed E-state index contributed by atoms with van der Waals surface area (Å²) in [5, 5.41) is 10.2. The normalized spacial score (nSPS) is 25.9. The minimum atomic E-state index is -0.000996. The molecule has 2 aromatic rings. The number of aromatic nitrogens is 1. The van der Waals surface area contributed by atoms with Gasteiger partial charge in [-0.15, -0.1) is 0 Å². The van der Waals surface area contributed by atoms with Crippen molar-refractivity contribution in [1.82, 2.24) is 9.88 Å². The Kier molecular flexibility index (Phi) is 2.44. The van der Waals surface area contributed by atoms with E-state index in [9.17, 15) is 4.79 Å². The van der Waals surface area contributed by atoms with E-state index in [2.05, 4.69) is 11.1 Å². The van der Waals surface area contributed by atoms with Gasteiger partial charge < -0.3 is 9.88 Å². The number of carbonyl (C=O) groups is 1. The second-order valence-corrected chi connectivity index (χ2v) is 6.63. The van der Waals surface area contributed by atoms with Crippen molar-refractivity contribution in [3.63, 3.8) is 0 Å². The molecule has 0 spiro atoms. The van der Waals surface area contributed by atoms with Crippen LogP contribution >= 0.6 is 11.6 Å². The van der Waals surface area contributed by atoms with Crippen LogP contribution in [0.15, 0.2) is 18.2 Å². The summed E-state index contributed by atoms with van der Waals surface area (Å²) < 4.78 is 0. The molecule has 5 rings (SSSR count). The number of nitrogens with zero attached hydrogens (tertiary/aromatic N) is 2. The number of rotatable bonds is 2. The molecule has 1 aromatic heterocycles. The lowest BCUT2D eigenvalue weighted by Gasteiger charge is -2.65. The number of hydrogen-bond acceptors (Lipinski definition) is 2. The number of nitriles is 1. The first kappa shape index (κ1) is 12.7. The van der Waals surface area contributed by atoms with Gasteiger partial charge in [-0.2, -0.15) is 5.26 Å². The van der Waals surface area contributed by atoms with Crippen LogP contribution in [0, 0.1) is 17.2 Å². The van der Waals surface area contributed by atoms with Gasteiger partial charge in [0.15, 0.2) is 0 Å². The Labute approximate surface area is 127 Å². The van der Waals surface area contributed by atoms with Crippen LogP contribution in [0.4, 0.5) is 0 Å². The van der Waals surface area contributed by atoms with Gasteiger partial charge in [0.05, 0.1) is 16.1 Å². The Morgan fingerprint density at radius 1 is 1.48 bits per heavy atom. The van der Waals surface area contributed by atoms with Crippen LogP contribution in [-0.2, 0) is 0 Å². The van der Waals surface area contributed by atoms with Gasteiger partial charge in [0.1, 0.15) is 11.8 Å². The van der Waals surface area contributed by atoms with Crippen LogP contribution < -0.4 is 0 Å². The van der Waals surface area contributed by atoms with Gasteiger partial charge in [-0.05, 0) is 37.3 Å². The first-order valence-corrected chi connectivity index (χ1v) is 7.41. The number of hydrogen-bond donors (Lipinski definition) is 1. The summed E-state index contributed by atoms with van der Waals surface area (Å²) in [5.74, 6) is 0.828. The van der Waals surface area contributed by atoms with Crippen molar-refractivity contribution in [2.75, 3.05) is 7.05 Å². The highest BCUT2D eigenvalue weighted by atomic mass is 35.5. The Morgan fingerprint density at radius 3 is 2.76 bits per heavy atom. The van der Waals surface area contributed by atoms with Crippen molar-refractivity contribution < 1.29 is 4.79 Å². The molecular formula is C16H14ClN3O. The van der Waals surface area contributed by atoms with Crippen molar-refractivity contribution >= 4 is 28.4 Å². The van der Waals surface area contributed by atoms with Gasteiger partial charge in [-0.1, -0.05) is 17.7 Å². The van der Waals surface area contributed by atoms with Crippen LogP contribution in [0.25, 0.3) is 10.9 Å². The van der Waals surface area contributed by atoms with Crippen LogP contribution in [0.1, 0.15) is 35.3 Å². The molecule has 3 saturated carbocycles. The average Bonchev–Trinajstić information content (AvgIpc) is 2.79. The van der Waals surface area contributed by atoms with Gasteiger partial charge in [0.2, 0.25) is 0 Å². The molecule has 1 amide bonds. The van der Waals surface area contributed by atoms with Gasteiger partial charge in [-0.25, -0.2) is 0 Å². The molecule has 5 heteroatoms. The van der Waals surface area contributed by atoms with Crippen molar-refractivity contribution in [1.29, 1.82) is 5.26 Å². The van der Waals surface area contributed by atoms with E-state index in [4.69, 9.17) is 16.9 Å². The summed E-state index contributed by atoms with van der Waals surface area (Å²) in [6.07, 6.45) is 3.40. The van der Waals surface area contributed by atoms with E-state index in [-0.39, 0.29) is 11.4 Å². The number of halogens is 1. The minimum Gasteiger partial charge on any atom is -0.349 e. The molecule has 1 N–H and O–H groups in total. The second-order valence-electron chi connectivity index (χ2n) is 6.25. The van der Waals surface area contributed by atoms with E-state index in [0.717, 1.165) is 30.6 Å². The summed E-state index contributed by atoms with van der Waals surface area (Å²) >= 11 is 6.20. The number of H-pyrrole nitrogens is 1. The third-order valence-corrected chi connectivity index (χ3v) is 5.50. The molecule has 106 valence electrons. The SMILES string of the molecule is CN(C(=O)c1cc2ccc(C#N)c(Cl)c2[nH]1)C12CC(C1)C2. The summed E-state index contributed by atoms with van der Waals surface area (Å²) in [5.41, 5.74) is 1.71. The smallest absolute Gasteiger partial charge is 0.270 e. The lowest BCUT2D eigenvalue weighted by Crippen LogP contribution is -2.68. The molecule has 0 unspecified atom stereocenters. The summed E-state index contributed by atoms with van der Waals surface area (Å²) in [6, 6.07) is 7.35. The van der Waals surface area contributed by atoms with E-state index in [1.54, 1.807) is 6.07 Å². The first-order valence-electron chi connectivity index (χ1n) is 7.03. The fraction of sp³-hybridized carbons (Fsp3) is 0.375. The number of carbonyl (C=O) groups excluding carboxylic acids is 1. The van der Waals surface area contributed by atoms with Crippen molar-refractivity contribution in [3.8, 4) is 6.07 Å². The first-order chi connectivity index (χ1) is 10.0. The molecule has 0 atom stereocenters. The Bertz CT molecular complexity index is 800. The average molecular weight is 300 g/mol. The van der Waals surface area contributed by atoms with Crippen LogP contribution in [0.5, 0.6) is 0 Å². The van der Waals surface area contributed by atoms with Crippen LogP contribution in [0.3, 0.4) is 0 Å². The van der Waals surface area contributed by atoms with Crippen LogP contribution in [0.2, 0.25) is 5.02 Å². The fourth-order valence-corrected chi connectivity index (χ4v) is 3.87. The largest absolute Gasteiger partial charge is 0.349 e. The van der Waals surface area contributed by atoms with Gasteiger partial charge >= 0.3 is 0 Å². The standard InChI is InChI=1S/C16H14ClN3O/c1-20(16-5-9(6-16)7-16)15(21)12-4-10-2-3-11(8-18)13(17)14(10)19-12/h2-4,9,19H,5-7H2,1H3. The second kappa shape index (κ2) is 4.02. The number of benzene rings is 1. The quantitative estimate of drug-likeness (QED) is 0.924. The van der Waals surface area contributed by atoms with Gasteiger partial charge in [-0.3, -0.25) is 4.79 Å². The molecule has 4 nitrogen and oxygen atoms in total. The monoisotopic (exact) mass is 299 g/mol. The Balaban J connectivity index is 1.72. The third kappa shape index (κ3) is 1.58. The zero-order valence-corrected chi connectivity index (χ0v) is 12.4. The Hall–Kier alpha value is -1.99. The molecule has 21 heavy (non-hydrogen) atoms. The van der Waals surface area contributed by atoms with Crippen LogP contribution in [-0.4, -0.2) is 28.4 Å². The minimum absolute atomic E-state index is 0.000996. The number of aromatic amines is 1. The van der Waals surface area contributed by atoms with Gasteiger partial charge in [0, 0.05) is 18.0 Å². The topological polar surface area (TPSA) is 59.9 Å². The van der Waals surface area contributed by atoms with E-state index >= 15 is 0 Å². The highest BCUT2D eigenvalue weighted by molar-refractivity contribution is 6.36. The molecule has 1 aromatic carbocycles. The predicted molar refractivity (Wildman–Crippen MR) is 80.2 cm³/mol. The van der Waals surface area contributed by atoms with E-state index in [1.165, 1.54) is 0 Å². The lowest BCUT2D eigenvalue weighted by atomic mass is 9.49. The maximum absolute atomic E-state index is 12.6. The maximum Gasteiger partial charge on any atom is 0.270 e. The predicted octanol–water partition coefficient (Wildman–Crippen LogP) is 3.32. The highest BCUT2D eigenvalue weighted by Gasteiger charge is 2.60. The highest BCUT2D eigenvalue weighted by Crippen LogP contribution is 2.60. The molecule has 0 aliphatic heterocycles. The molecule has 1 heterocycles. The molecular weight excluding hydrogens is 286 g/mol. The maximum atomic E-state index is 12.6. The van der Waals surface area contributed by atoms with Gasteiger partial charge in [0.25, 0.3) is 5.91 Å². The summed E-state index contributed by atoms with van der Waals surface area (Å²) in [4.78, 5) is 17.6. The zero-order chi connectivity index (χ0) is 14.8. The molecule has 0 saturated heterocycles. The van der Waals surface area contributed by atoms with E-state index in [0.29, 0.717) is 21.8 Å². The molecule has 3 aliphatic carbocycles. The molecule has 2 bridgehead atoms. The summed E-state index contributed by atoms with van der Waals surface area (Å²) in [7, 11) is 1.88. The molecule has 3 fully saturated rings. The number of amides is 1. The number of fused-ring (bicyclic) bond motifs is 1. The Morgan fingerprint density at radius 2 is 2.19 bits per heavy atom. The molecule has 3 aliphatic rings. The van der Waals surface area contributed by atoms with Crippen molar-refractivity contribution in [2.45, 2.75) is 24.8 Å². The fourth-order valence-electron chi connectivity index (χ4n) is 3.61. The van der Waals surface area contributed by atoms with Crippen molar-refractivity contribution in [2.24, 2.45) is 5.92 Å². The molecule has 0 radical (unpaired) electrons. The zero-order valence-electron chi connectivity index (χ0n) is 11.6. The number of nitrogens with one attached hydrogen (secondary N) is 1.